The molecule has 3 heteroatoms. The molecule has 1 atom stereocenters. The molecule has 1 saturated carbocycles. The molecule has 15 heavy (non-hydrogen) atoms. The third-order valence-corrected chi connectivity index (χ3v) is 3.98. The van der Waals surface area contributed by atoms with Crippen molar-refractivity contribution < 1.29 is 4.21 Å². The van der Waals surface area contributed by atoms with Crippen LogP contribution >= 0.6 is 0 Å². The van der Waals surface area contributed by atoms with Crippen LogP contribution in [0.3, 0.4) is 0 Å². The molecule has 0 saturated heterocycles. The molecule has 0 aromatic heterocycles. The van der Waals surface area contributed by atoms with E-state index < -0.39 is 10.8 Å². The van der Waals surface area contributed by atoms with E-state index in [2.05, 4.69) is 5.32 Å². The van der Waals surface area contributed by atoms with Crippen molar-refractivity contribution in [2.45, 2.75) is 30.2 Å². The van der Waals surface area contributed by atoms with Gasteiger partial charge in [-0.2, -0.15) is 0 Å². The maximum Gasteiger partial charge on any atom is 0.0529 e. The lowest BCUT2D eigenvalue weighted by Crippen LogP contribution is -2.19. The maximum atomic E-state index is 11.8. The molecule has 0 bridgehead atoms. The van der Waals surface area contributed by atoms with Crippen LogP contribution in [0.5, 0.6) is 0 Å². The lowest BCUT2D eigenvalue weighted by Gasteiger charge is -2.03. The molecule has 0 radical (unpaired) electrons. The summed E-state index contributed by atoms with van der Waals surface area (Å²) in [5.41, 5.74) is 0. The normalized spacial score (nSPS) is 17.6. The summed E-state index contributed by atoms with van der Waals surface area (Å²) < 4.78 is 11.8. The molecule has 0 aliphatic heterocycles. The first-order valence-electron chi connectivity index (χ1n) is 5.53. The van der Waals surface area contributed by atoms with Crippen LogP contribution in [0, 0.1) is 0 Å². The van der Waals surface area contributed by atoms with Crippen LogP contribution in [0.2, 0.25) is 0 Å². The third kappa shape index (κ3) is 3.76. The Hall–Kier alpha value is -0.670. The maximum absolute atomic E-state index is 11.8. The molecule has 2 rings (SSSR count). The summed E-state index contributed by atoms with van der Waals surface area (Å²) in [7, 11) is -0.818. The van der Waals surface area contributed by atoms with E-state index in [0.717, 1.165) is 29.7 Å². The monoisotopic (exact) mass is 223 g/mol. The topological polar surface area (TPSA) is 29.1 Å². The fraction of sp³-hybridized carbons (Fsp3) is 0.500. The van der Waals surface area contributed by atoms with Crippen molar-refractivity contribution in [2.24, 2.45) is 0 Å². The fourth-order valence-corrected chi connectivity index (χ4v) is 2.59. The van der Waals surface area contributed by atoms with Gasteiger partial charge in [-0.1, -0.05) is 18.2 Å². The smallest absolute Gasteiger partial charge is 0.0529 e. The Morgan fingerprint density at radius 1 is 1.27 bits per heavy atom. The number of hydrogen-bond acceptors (Lipinski definition) is 2. The van der Waals surface area contributed by atoms with Gasteiger partial charge < -0.3 is 5.32 Å². The Kier molecular flexibility index (Phi) is 3.92. The number of benzene rings is 1. The molecule has 1 unspecified atom stereocenters. The second-order valence-corrected chi connectivity index (χ2v) is 5.52. The van der Waals surface area contributed by atoms with E-state index in [1.54, 1.807) is 0 Å². The van der Waals surface area contributed by atoms with Gasteiger partial charge in [0.15, 0.2) is 0 Å². The molecule has 82 valence electrons. The first kappa shape index (κ1) is 10.8. The van der Waals surface area contributed by atoms with Crippen molar-refractivity contribution >= 4 is 10.8 Å². The summed E-state index contributed by atoms with van der Waals surface area (Å²) in [4.78, 5) is 0.948. The molecule has 1 aromatic carbocycles. The van der Waals surface area contributed by atoms with Crippen molar-refractivity contribution in [1.29, 1.82) is 0 Å². The Balaban J connectivity index is 1.67. The molecule has 1 aromatic rings. The molecule has 1 fully saturated rings. The van der Waals surface area contributed by atoms with Gasteiger partial charge in [0.05, 0.1) is 10.8 Å². The molecule has 0 amide bonds. The summed E-state index contributed by atoms with van der Waals surface area (Å²) in [5.74, 6) is 0.768. The van der Waals surface area contributed by atoms with Crippen LogP contribution in [0.1, 0.15) is 19.3 Å². The highest BCUT2D eigenvalue weighted by molar-refractivity contribution is 7.85. The highest BCUT2D eigenvalue weighted by Crippen LogP contribution is 2.18. The van der Waals surface area contributed by atoms with Crippen molar-refractivity contribution in [3.05, 3.63) is 30.3 Å². The molecule has 0 heterocycles. The van der Waals surface area contributed by atoms with Gasteiger partial charge in [-0.05, 0) is 37.9 Å². The highest BCUT2D eigenvalue weighted by atomic mass is 32.2. The fourth-order valence-electron chi connectivity index (χ4n) is 1.49. The highest BCUT2D eigenvalue weighted by Gasteiger charge is 2.19. The lowest BCUT2D eigenvalue weighted by atomic mass is 10.4. The van der Waals surface area contributed by atoms with Gasteiger partial charge in [-0.25, -0.2) is 0 Å². The van der Waals surface area contributed by atoms with Gasteiger partial charge in [0, 0.05) is 16.7 Å². The second-order valence-electron chi connectivity index (χ2n) is 3.94. The van der Waals surface area contributed by atoms with Crippen molar-refractivity contribution in [2.75, 3.05) is 12.3 Å². The Morgan fingerprint density at radius 2 is 2.00 bits per heavy atom. The molecule has 0 spiro atoms. The van der Waals surface area contributed by atoms with Crippen molar-refractivity contribution in [3.63, 3.8) is 0 Å². The van der Waals surface area contributed by atoms with E-state index in [1.165, 1.54) is 12.8 Å². The van der Waals surface area contributed by atoms with E-state index >= 15 is 0 Å². The average molecular weight is 223 g/mol. The van der Waals surface area contributed by atoms with E-state index in [9.17, 15) is 4.21 Å². The Morgan fingerprint density at radius 3 is 2.67 bits per heavy atom. The van der Waals surface area contributed by atoms with Crippen LogP contribution in [0.15, 0.2) is 35.2 Å². The minimum atomic E-state index is -0.818. The van der Waals surface area contributed by atoms with Crippen LogP contribution in [-0.2, 0) is 10.8 Å². The average Bonchev–Trinajstić information content (AvgIpc) is 3.09. The summed E-state index contributed by atoms with van der Waals surface area (Å²) in [6, 6.07) is 10.5. The number of hydrogen-bond donors (Lipinski definition) is 1. The van der Waals surface area contributed by atoms with Gasteiger partial charge in [0.1, 0.15) is 0 Å². The standard InChI is InChI=1S/C12H17NOS/c14-15(12-5-2-1-3-6-12)10-4-9-13-11-7-8-11/h1-3,5-6,11,13H,4,7-10H2. The van der Waals surface area contributed by atoms with Crippen LogP contribution < -0.4 is 5.32 Å². The predicted octanol–water partition coefficient (Wildman–Crippen LogP) is 1.94. The molecule has 1 aliphatic carbocycles. The van der Waals surface area contributed by atoms with Gasteiger partial charge >= 0.3 is 0 Å². The van der Waals surface area contributed by atoms with E-state index in [1.807, 2.05) is 30.3 Å². The molecular formula is C12H17NOS. The molecule has 1 N–H and O–H groups in total. The van der Waals surface area contributed by atoms with Crippen LogP contribution in [-0.4, -0.2) is 22.5 Å². The first-order valence-corrected chi connectivity index (χ1v) is 6.85. The van der Waals surface area contributed by atoms with Gasteiger partial charge in [-0.15, -0.1) is 0 Å². The van der Waals surface area contributed by atoms with Crippen molar-refractivity contribution in [1.82, 2.24) is 5.32 Å². The quantitative estimate of drug-likeness (QED) is 0.747. The van der Waals surface area contributed by atoms with Crippen molar-refractivity contribution in [3.8, 4) is 0 Å². The largest absolute Gasteiger partial charge is 0.314 e. The summed E-state index contributed by atoms with van der Waals surface area (Å²) in [6.07, 6.45) is 3.64. The number of nitrogens with one attached hydrogen (secondary N) is 1. The second kappa shape index (κ2) is 5.42. The summed E-state index contributed by atoms with van der Waals surface area (Å²) >= 11 is 0. The van der Waals surface area contributed by atoms with E-state index in [0.29, 0.717) is 0 Å². The predicted molar refractivity (Wildman–Crippen MR) is 63.4 cm³/mol. The minimum Gasteiger partial charge on any atom is -0.314 e. The van der Waals surface area contributed by atoms with Crippen LogP contribution in [0.25, 0.3) is 0 Å². The van der Waals surface area contributed by atoms with E-state index in [-0.39, 0.29) is 0 Å². The first-order chi connectivity index (χ1) is 7.36. The van der Waals surface area contributed by atoms with Gasteiger partial charge in [0.25, 0.3) is 0 Å². The minimum absolute atomic E-state index is 0.759. The summed E-state index contributed by atoms with van der Waals surface area (Å²) in [6.45, 7) is 1.00. The summed E-state index contributed by atoms with van der Waals surface area (Å²) in [5, 5.41) is 3.43. The zero-order valence-electron chi connectivity index (χ0n) is 8.82. The zero-order valence-corrected chi connectivity index (χ0v) is 9.63. The SMILES string of the molecule is O=S(CCCNC1CC1)c1ccccc1. The molecule has 1 aliphatic rings. The Labute approximate surface area is 93.5 Å². The third-order valence-electron chi connectivity index (χ3n) is 2.52. The molecular weight excluding hydrogens is 206 g/mol. The lowest BCUT2D eigenvalue weighted by molar-refractivity contribution is 0.657. The number of rotatable bonds is 6. The Bertz CT molecular complexity index is 322. The van der Waals surface area contributed by atoms with E-state index in [4.69, 9.17) is 0 Å². The van der Waals surface area contributed by atoms with Gasteiger partial charge in [-0.3, -0.25) is 4.21 Å². The molecule has 2 nitrogen and oxygen atoms in total. The zero-order chi connectivity index (χ0) is 10.5. The van der Waals surface area contributed by atoms with Gasteiger partial charge in [0.2, 0.25) is 0 Å². The van der Waals surface area contributed by atoms with Crippen LogP contribution in [0.4, 0.5) is 0 Å².